The van der Waals surface area contributed by atoms with E-state index in [1.165, 1.54) is 8.87 Å². The molecule has 3 heterocycles. The second-order valence-corrected chi connectivity index (χ2v) is 10.3. The van der Waals surface area contributed by atoms with Gasteiger partial charge in [-0.3, -0.25) is 0 Å². The van der Waals surface area contributed by atoms with Crippen molar-refractivity contribution in [2.24, 2.45) is 0 Å². The van der Waals surface area contributed by atoms with E-state index >= 15 is 0 Å². The van der Waals surface area contributed by atoms with Crippen LogP contribution in [0.1, 0.15) is 21.1 Å². The zero-order valence-electron chi connectivity index (χ0n) is 16.7. The van der Waals surface area contributed by atoms with Crippen LogP contribution in [-0.2, 0) is 9.59 Å². The molecule has 2 aliphatic rings. The summed E-state index contributed by atoms with van der Waals surface area (Å²) in [4.78, 5) is 29.7. The van der Waals surface area contributed by atoms with Gasteiger partial charge in [-0.2, -0.15) is 0 Å². The van der Waals surface area contributed by atoms with Crippen molar-refractivity contribution in [2.45, 2.75) is 13.8 Å². The molecule has 0 spiro atoms. The Hall–Kier alpha value is -2.88. The third kappa shape index (κ3) is 2.58. The number of likely N-dealkylation sites (N-methyl/N-ethyl adjacent to an activating group) is 2. The molecule has 2 aliphatic heterocycles. The second-order valence-electron chi connectivity index (χ2n) is 7.64. The van der Waals surface area contributed by atoms with Gasteiger partial charge in [-0.15, -0.1) is 0 Å². The molecule has 144 valence electrons. The van der Waals surface area contributed by atoms with Gasteiger partial charge in [-0.25, -0.2) is 0 Å². The van der Waals surface area contributed by atoms with Gasteiger partial charge in [0.05, 0.1) is 0 Å². The van der Waals surface area contributed by atoms with Crippen LogP contribution in [0, 0.1) is 13.8 Å². The number of anilines is 2. The Bertz CT molecular complexity index is 1250. The minimum absolute atomic E-state index is 0.123. The van der Waals surface area contributed by atoms with E-state index in [-0.39, 0.29) is 11.8 Å². The zero-order valence-corrected chi connectivity index (χ0v) is 18.5. The van der Waals surface area contributed by atoms with E-state index in [2.05, 4.69) is 31.2 Å². The molecule has 0 radical (unpaired) electrons. The van der Waals surface area contributed by atoms with E-state index < -0.39 is 0 Å². The third-order valence-electron chi connectivity index (χ3n) is 5.72. The fourth-order valence-electron chi connectivity index (χ4n) is 4.16. The molecule has 5 rings (SSSR count). The molecular weight excluding hydrogens is 427 g/mol. The van der Waals surface area contributed by atoms with Gasteiger partial charge in [0.2, 0.25) is 0 Å². The number of amides is 2. The molecule has 29 heavy (non-hydrogen) atoms. The number of hydrogen-bond acceptors (Lipinski definition) is 2. The van der Waals surface area contributed by atoms with Crippen LogP contribution in [0.3, 0.4) is 0 Å². The van der Waals surface area contributed by atoms with Crippen LogP contribution < -0.4 is 9.80 Å². The van der Waals surface area contributed by atoms with Crippen molar-refractivity contribution >= 4 is 48.8 Å². The van der Waals surface area contributed by atoms with Crippen molar-refractivity contribution in [3.05, 3.63) is 69.7 Å². The van der Waals surface area contributed by atoms with Gasteiger partial charge in [0.25, 0.3) is 0 Å². The van der Waals surface area contributed by atoms with Crippen LogP contribution in [0.2, 0.25) is 0 Å². The number of benzene rings is 2. The van der Waals surface area contributed by atoms with Crippen LogP contribution in [0.15, 0.2) is 48.5 Å². The van der Waals surface area contributed by atoms with E-state index in [0.29, 0.717) is 25.6 Å². The van der Waals surface area contributed by atoms with Crippen molar-refractivity contribution in [3.8, 4) is 10.0 Å². The van der Waals surface area contributed by atoms with Gasteiger partial charge in [0.1, 0.15) is 0 Å². The molecule has 5 heteroatoms. The SMILES string of the molecule is Cc1ccc2c(c1)N(C)C(=O)/C2=C1/C(=O)N(C)c2cc(-c3ccc(C)[se]3)ccc21. The standard InChI is InChI=1S/C24H20N2O2Se/c1-13-5-8-16-18(11-13)25(3)23(27)21(16)22-17-9-7-15(20-10-6-14(2)29-20)12-19(17)26(4)24(22)28/h5-12H,1-4H3/b22-21+. The Morgan fingerprint density at radius 3 is 1.90 bits per heavy atom. The quantitative estimate of drug-likeness (QED) is 0.420. The first kappa shape index (κ1) is 18.2. The van der Waals surface area contributed by atoms with E-state index in [1.807, 2.05) is 31.2 Å². The summed E-state index contributed by atoms with van der Waals surface area (Å²) in [5.41, 5.74) is 6.64. The number of rotatable bonds is 1. The minimum atomic E-state index is -0.124. The van der Waals surface area contributed by atoms with Crippen molar-refractivity contribution < 1.29 is 9.59 Å². The topological polar surface area (TPSA) is 40.6 Å². The molecule has 0 bridgehead atoms. The molecule has 0 atom stereocenters. The molecule has 0 N–H and O–H groups in total. The maximum absolute atomic E-state index is 13.2. The molecule has 0 aliphatic carbocycles. The molecule has 1 aromatic heterocycles. The summed E-state index contributed by atoms with van der Waals surface area (Å²) >= 11 is 0.331. The van der Waals surface area contributed by atoms with Gasteiger partial charge in [0, 0.05) is 0 Å². The van der Waals surface area contributed by atoms with Crippen LogP contribution in [-0.4, -0.2) is 40.4 Å². The van der Waals surface area contributed by atoms with Crippen molar-refractivity contribution in [1.82, 2.24) is 0 Å². The number of hydrogen-bond donors (Lipinski definition) is 0. The first-order chi connectivity index (χ1) is 13.9. The molecule has 2 amide bonds. The Morgan fingerprint density at radius 1 is 0.724 bits per heavy atom. The van der Waals surface area contributed by atoms with E-state index in [9.17, 15) is 9.59 Å². The summed E-state index contributed by atoms with van der Waals surface area (Å²) in [5, 5.41) is 0. The summed E-state index contributed by atoms with van der Waals surface area (Å²) in [6.07, 6.45) is 0. The summed E-state index contributed by atoms with van der Waals surface area (Å²) in [6.45, 7) is 4.15. The van der Waals surface area contributed by atoms with Crippen molar-refractivity contribution in [2.75, 3.05) is 23.9 Å². The second kappa shape index (κ2) is 6.31. The van der Waals surface area contributed by atoms with Gasteiger partial charge in [-0.1, -0.05) is 0 Å². The van der Waals surface area contributed by atoms with Crippen molar-refractivity contribution in [3.63, 3.8) is 0 Å². The molecule has 4 nitrogen and oxygen atoms in total. The molecule has 2 aromatic carbocycles. The normalized spacial score (nSPS) is 17.9. The predicted octanol–water partition coefficient (Wildman–Crippen LogP) is 3.89. The molecular formula is C24H20N2O2Se. The predicted molar refractivity (Wildman–Crippen MR) is 118 cm³/mol. The Kier molecular flexibility index (Phi) is 3.95. The summed E-state index contributed by atoms with van der Waals surface area (Å²) in [7, 11) is 3.56. The number of fused-ring (bicyclic) bond motifs is 2. The van der Waals surface area contributed by atoms with Crippen LogP contribution in [0.4, 0.5) is 11.4 Å². The fourth-order valence-corrected chi connectivity index (χ4v) is 5.97. The van der Waals surface area contributed by atoms with Gasteiger partial charge in [0.15, 0.2) is 0 Å². The Morgan fingerprint density at radius 2 is 1.31 bits per heavy atom. The van der Waals surface area contributed by atoms with Crippen molar-refractivity contribution in [1.29, 1.82) is 0 Å². The van der Waals surface area contributed by atoms with Gasteiger partial charge in [-0.05, 0) is 0 Å². The first-order valence-electron chi connectivity index (χ1n) is 9.49. The number of carbonyl (C=O) groups excluding carboxylic acids is 2. The molecule has 0 fully saturated rings. The van der Waals surface area contributed by atoms with E-state index in [0.717, 1.165) is 33.6 Å². The third-order valence-corrected chi connectivity index (χ3v) is 7.93. The number of nitrogens with zero attached hydrogens (tertiary/aromatic N) is 2. The molecule has 0 unspecified atom stereocenters. The van der Waals surface area contributed by atoms with Gasteiger partial charge < -0.3 is 0 Å². The maximum atomic E-state index is 13.2. The molecule has 0 saturated heterocycles. The Labute approximate surface area is 175 Å². The Balaban J connectivity index is 1.73. The molecule has 0 saturated carbocycles. The number of aryl methyl sites for hydroxylation is 2. The van der Waals surface area contributed by atoms with Crippen LogP contribution >= 0.6 is 0 Å². The number of carbonyl (C=O) groups is 2. The summed E-state index contributed by atoms with van der Waals surface area (Å²) in [6, 6.07) is 16.4. The van der Waals surface area contributed by atoms with Crippen LogP contribution in [0.25, 0.3) is 21.1 Å². The van der Waals surface area contributed by atoms with E-state index in [4.69, 9.17) is 0 Å². The fraction of sp³-hybridized carbons (Fsp3) is 0.167. The van der Waals surface area contributed by atoms with E-state index in [1.54, 1.807) is 23.9 Å². The average Bonchev–Trinajstić information content (AvgIpc) is 3.32. The average molecular weight is 447 g/mol. The van der Waals surface area contributed by atoms with Gasteiger partial charge >= 0.3 is 176 Å². The molecule has 3 aromatic rings. The van der Waals surface area contributed by atoms with Crippen LogP contribution in [0.5, 0.6) is 0 Å². The first-order valence-corrected chi connectivity index (χ1v) is 11.2. The summed E-state index contributed by atoms with van der Waals surface area (Å²) in [5.74, 6) is -0.247. The zero-order chi connectivity index (χ0) is 20.4. The monoisotopic (exact) mass is 448 g/mol. The summed E-state index contributed by atoms with van der Waals surface area (Å²) < 4.78 is 2.71.